The van der Waals surface area contributed by atoms with Crippen molar-refractivity contribution in [3.63, 3.8) is 0 Å². The summed E-state index contributed by atoms with van der Waals surface area (Å²) in [5.41, 5.74) is 1.63. The van der Waals surface area contributed by atoms with Gasteiger partial charge in [0.05, 0.1) is 0 Å². The second kappa shape index (κ2) is 6.13. The second-order valence-electron chi connectivity index (χ2n) is 6.96. The Hall–Kier alpha value is -1.09. The maximum atomic E-state index is 4.70. The summed E-state index contributed by atoms with van der Waals surface area (Å²) >= 11 is 0. The van der Waals surface area contributed by atoms with Gasteiger partial charge in [-0.1, -0.05) is 40.7 Å². The van der Waals surface area contributed by atoms with E-state index in [4.69, 9.17) is 4.98 Å². The number of piperazine rings is 1. The van der Waals surface area contributed by atoms with Crippen molar-refractivity contribution in [3.05, 3.63) is 23.9 Å². The second-order valence-corrected chi connectivity index (χ2v) is 6.96. The van der Waals surface area contributed by atoms with Crippen LogP contribution in [0.5, 0.6) is 0 Å². The molecular formula is C17H29N3. The monoisotopic (exact) mass is 275 g/mol. The minimum absolute atomic E-state index is 0.288. The first-order valence-electron chi connectivity index (χ1n) is 7.85. The van der Waals surface area contributed by atoms with E-state index in [0.29, 0.717) is 5.92 Å². The van der Waals surface area contributed by atoms with Gasteiger partial charge in [-0.15, -0.1) is 0 Å². The van der Waals surface area contributed by atoms with Crippen LogP contribution in [0.1, 0.15) is 46.1 Å². The molecule has 20 heavy (non-hydrogen) atoms. The van der Waals surface area contributed by atoms with Crippen molar-refractivity contribution >= 4 is 5.82 Å². The molecule has 0 radical (unpaired) electrons. The Kier molecular flexibility index (Phi) is 4.69. The summed E-state index contributed by atoms with van der Waals surface area (Å²) in [4.78, 5) is 9.59. The number of aromatic nitrogens is 1. The van der Waals surface area contributed by atoms with Gasteiger partial charge in [-0.05, 0) is 29.5 Å². The van der Waals surface area contributed by atoms with E-state index in [-0.39, 0.29) is 5.41 Å². The van der Waals surface area contributed by atoms with Crippen LogP contribution < -0.4 is 4.90 Å². The van der Waals surface area contributed by atoms with Gasteiger partial charge in [0.1, 0.15) is 5.82 Å². The summed E-state index contributed by atoms with van der Waals surface area (Å²) in [6, 6.07) is 4.45. The van der Waals surface area contributed by atoms with Gasteiger partial charge in [0.2, 0.25) is 0 Å². The lowest BCUT2D eigenvalue weighted by Gasteiger charge is -2.35. The van der Waals surface area contributed by atoms with Crippen LogP contribution in [0.2, 0.25) is 0 Å². The van der Waals surface area contributed by atoms with Crippen molar-refractivity contribution in [2.24, 2.45) is 5.41 Å². The highest BCUT2D eigenvalue weighted by atomic mass is 15.3. The van der Waals surface area contributed by atoms with Gasteiger partial charge in [0.15, 0.2) is 0 Å². The van der Waals surface area contributed by atoms with Gasteiger partial charge in [-0.25, -0.2) is 4.98 Å². The lowest BCUT2D eigenvalue weighted by Crippen LogP contribution is -2.46. The van der Waals surface area contributed by atoms with Gasteiger partial charge in [0.25, 0.3) is 0 Å². The van der Waals surface area contributed by atoms with Gasteiger partial charge >= 0.3 is 0 Å². The normalized spacial score (nSPS) is 19.1. The molecule has 1 aromatic rings. The van der Waals surface area contributed by atoms with E-state index in [1.54, 1.807) is 0 Å². The molecule has 1 fully saturated rings. The van der Waals surface area contributed by atoms with Crippen molar-refractivity contribution < 1.29 is 0 Å². The first kappa shape index (κ1) is 15.3. The molecule has 0 spiro atoms. The molecule has 0 amide bonds. The Morgan fingerprint density at radius 3 is 2.25 bits per heavy atom. The topological polar surface area (TPSA) is 19.4 Å². The third kappa shape index (κ3) is 3.51. The smallest absolute Gasteiger partial charge is 0.128 e. The van der Waals surface area contributed by atoms with E-state index < -0.39 is 0 Å². The van der Waals surface area contributed by atoms with Crippen LogP contribution in [-0.2, 0) is 0 Å². The third-order valence-corrected chi connectivity index (χ3v) is 4.71. The summed E-state index contributed by atoms with van der Waals surface area (Å²) in [6.07, 6.45) is 2.07. The standard InChI is InChI=1S/C17H29N3/c1-6-19-9-11-20(12-10-19)16-8-7-15(13-18-16)14(2)17(3,4)5/h7-8,13-14H,6,9-12H2,1-5H3. The first-order valence-corrected chi connectivity index (χ1v) is 7.85. The van der Waals surface area contributed by atoms with Crippen molar-refractivity contribution in [2.45, 2.75) is 40.5 Å². The zero-order valence-corrected chi connectivity index (χ0v) is 13.7. The molecule has 1 aromatic heterocycles. The van der Waals surface area contributed by atoms with Crippen LogP contribution in [-0.4, -0.2) is 42.6 Å². The summed E-state index contributed by atoms with van der Waals surface area (Å²) < 4.78 is 0. The molecule has 1 aliphatic heterocycles. The number of rotatable bonds is 3. The maximum absolute atomic E-state index is 4.70. The molecule has 1 aliphatic rings. The Morgan fingerprint density at radius 1 is 1.15 bits per heavy atom. The Bertz CT molecular complexity index is 411. The molecule has 1 unspecified atom stereocenters. The Morgan fingerprint density at radius 2 is 1.80 bits per heavy atom. The van der Waals surface area contributed by atoms with E-state index in [1.807, 2.05) is 0 Å². The number of hydrogen-bond acceptors (Lipinski definition) is 3. The van der Waals surface area contributed by atoms with Gasteiger partial charge in [-0.3, -0.25) is 0 Å². The van der Waals surface area contributed by atoms with Crippen molar-refractivity contribution in [1.82, 2.24) is 9.88 Å². The SMILES string of the molecule is CCN1CCN(c2ccc(C(C)C(C)(C)C)cn2)CC1. The van der Waals surface area contributed by atoms with Crippen LogP contribution in [0.25, 0.3) is 0 Å². The molecule has 112 valence electrons. The number of likely N-dealkylation sites (N-methyl/N-ethyl adjacent to an activating group) is 1. The van der Waals surface area contributed by atoms with Gasteiger partial charge in [0, 0.05) is 32.4 Å². The third-order valence-electron chi connectivity index (χ3n) is 4.71. The van der Waals surface area contributed by atoms with Crippen molar-refractivity contribution in [1.29, 1.82) is 0 Å². The molecule has 2 rings (SSSR count). The quantitative estimate of drug-likeness (QED) is 0.843. The number of anilines is 1. The zero-order chi connectivity index (χ0) is 14.8. The summed E-state index contributed by atoms with van der Waals surface area (Å²) in [7, 11) is 0. The molecule has 0 aromatic carbocycles. The van der Waals surface area contributed by atoms with Crippen LogP contribution in [0.3, 0.4) is 0 Å². The van der Waals surface area contributed by atoms with E-state index in [0.717, 1.165) is 38.5 Å². The fourth-order valence-electron chi connectivity index (χ4n) is 2.63. The molecule has 3 nitrogen and oxygen atoms in total. The lowest BCUT2D eigenvalue weighted by molar-refractivity contribution is 0.270. The lowest BCUT2D eigenvalue weighted by atomic mass is 9.78. The molecule has 3 heteroatoms. The van der Waals surface area contributed by atoms with Crippen LogP contribution in [0.15, 0.2) is 18.3 Å². The molecular weight excluding hydrogens is 246 g/mol. The predicted molar refractivity (Wildman–Crippen MR) is 86.4 cm³/mol. The van der Waals surface area contributed by atoms with Crippen LogP contribution in [0.4, 0.5) is 5.82 Å². The highest BCUT2D eigenvalue weighted by molar-refractivity contribution is 5.40. The zero-order valence-electron chi connectivity index (χ0n) is 13.7. The summed E-state index contributed by atoms with van der Waals surface area (Å²) in [5, 5.41) is 0. The average molecular weight is 275 g/mol. The largest absolute Gasteiger partial charge is 0.354 e. The van der Waals surface area contributed by atoms with Crippen LogP contribution >= 0.6 is 0 Å². The van der Waals surface area contributed by atoms with E-state index in [9.17, 15) is 0 Å². The summed E-state index contributed by atoms with van der Waals surface area (Å²) in [6.45, 7) is 17.0. The Balaban J connectivity index is 2.02. The molecule has 0 bridgehead atoms. The minimum Gasteiger partial charge on any atom is -0.354 e. The summed E-state index contributed by atoms with van der Waals surface area (Å²) in [5.74, 6) is 1.66. The van der Waals surface area contributed by atoms with Crippen molar-refractivity contribution in [2.75, 3.05) is 37.6 Å². The number of nitrogens with zero attached hydrogens (tertiary/aromatic N) is 3. The Labute approximate surface area is 124 Å². The van der Waals surface area contributed by atoms with Crippen LogP contribution in [0, 0.1) is 5.41 Å². The molecule has 0 saturated carbocycles. The van der Waals surface area contributed by atoms with Crippen molar-refractivity contribution in [3.8, 4) is 0 Å². The average Bonchev–Trinajstić information content (AvgIpc) is 2.46. The maximum Gasteiger partial charge on any atom is 0.128 e. The molecule has 1 atom stereocenters. The molecule has 2 heterocycles. The van der Waals surface area contributed by atoms with Gasteiger partial charge < -0.3 is 9.80 Å². The molecule has 0 aliphatic carbocycles. The highest BCUT2D eigenvalue weighted by Crippen LogP contribution is 2.34. The number of pyridine rings is 1. The molecule has 1 saturated heterocycles. The first-order chi connectivity index (χ1) is 9.41. The predicted octanol–water partition coefficient (Wildman–Crippen LogP) is 3.37. The minimum atomic E-state index is 0.288. The molecule has 0 N–H and O–H groups in total. The van der Waals surface area contributed by atoms with E-state index >= 15 is 0 Å². The fourth-order valence-corrected chi connectivity index (χ4v) is 2.63. The van der Waals surface area contributed by atoms with E-state index in [1.165, 1.54) is 5.56 Å². The highest BCUT2D eigenvalue weighted by Gasteiger charge is 2.22. The van der Waals surface area contributed by atoms with E-state index in [2.05, 4.69) is 62.7 Å². The van der Waals surface area contributed by atoms with Gasteiger partial charge in [-0.2, -0.15) is 0 Å². The number of hydrogen-bond donors (Lipinski definition) is 0. The fraction of sp³-hybridized carbons (Fsp3) is 0.706.